The largest absolute Gasteiger partial charge is 0.321 e. The molecule has 24 heavy (non-hydrogen) atoms. The molecule has 0 fully saturated rings. The van der Waals surface area contributed by atoms with Gasteiger partial charge in [0.1, 0.15) is 5.65 Å². The Kier molecular flexibility index (Phi) is 4.22. The molecule has 122 valence electrons. The molecule has 1 aromatic carbocycles. The Hall–Kier alpha value is -2.86. The van der Waals surface area contributed by atoms with Crippen molar-refractivity contribution in [2.75, 3.05) is 17.3 Å². The minimum Gasteiger partial charge on any atom is -0.321 e. The maximum atomic E-state index is 12.5. The van der Waals surface area contributed by atoms with Crippen LogP contribution in [-0.2, 0) is 4.79 Å². The van der Waals surface area contributed by atoms with Gasteiger partial charge in [-0.05, 0) is 36.4 Å². The van der Waals surface area contributed by atoms with Gasteiger partial charge >= 0.3 is 0 Å². The van der Waals surface area contributed by atoms with Crippen LogP contribution in [0.25, 0.3) is 5.65 Å². The highest BCUT2D eigenvalue weighted by atomic mass is 35.5. The second-order valence-corrected chi connectivity index (χ2v) is 5.62. The van der Waals surface area contributed by atoms with Crippen molar-refractivity contribution in [3.8, 4) is 0 Å². The molecule has 2 heterocycles. The molecule has 3 aromatic rings. The summed E-state index contributed by atoms with van der Waals surface area (Å²) < 4.78 is 1.63. The highest BCUT2D eigenvalue weighted by Crippen LogP contribution is 2.21. The van der Waals surface area contributed by atoms with Gasteiger partial charge in [0, 0.05) is 31.5 Å². The lowest BCUT2D eigenvalue weighted by Gasteiger charge is -2.15. The summed E-state index contributed by atoms with van der Waals surface area (Å²) in [5.74, 6) is -0.421. The van der Waals surface area contributed by atoms with Gasteiger partial charge in [0.05, 0.1) is 0 Å². The van der Waals surface area contributed by atoms with Crippen LogP contribution in [0.5, 0.6) is 0 Å². The zero-order valence-electron chi connectivity index (χ0n) is 13.2. The smallest absolute Gasteiger partial charge is 0.275 e. The predicted molar refractivity (Wildman–Crippen MR) is 93.7 cm³/mol. The molecule has 0 aliphatic rings. The second-order valence-electron chi connectivity index (χ2n) is 5.26. The number of carbonyl (C=O) groups excluding carboxylic acids is 2. The van der Waals surface area contributed by atoms with Gasteiger partial charge in [-0.2, -0.15) is 0 Å². The maximum absolute atomic E-state index is 12.5. The monoisotopic (exact) mass is 342 g/mol. The molecule has 0 unspecified atom stereocenters. The summed E-state index contributed by atoms with van der Waals surface area (Å²) in [6.45, 7) is 1.49. The lowest BCUT2D eigenvalue weighted by Crippen LogP contribution is -2.22. The van der Waals surface area contributed by atoms with Crippen molar-refractivity contribution in [3.05, 3.63) is 59.5 Å². The quantitative estimate of drug-likeness (QED) is 0.794. The molecule has 0 bridgehead atoms. The Morgan fingerprint density at radius 2 is 1.88 bits per heavy atom. The number of nitrogens with zero attached hydrogens (tertiary/aromatic N) is 3. The van der Waals surface area contributed by atoms with E-state index in [2.05, 4.69) is 10.3 Å². The number of hydrogen-bond acceptors (Lipinski definition) is 3. The number of fused-ring (bicyclic) bond motifs is 1. The normalized spacial score (nSPS) is 10.6. The number of imidazole rings is 1. The molecular formula is C17H15ClN4O2. The van der Waals surface area contributed by atoms with E-state index in [1.165, 1.54) is 11.8 Å². The van der Waals surface area contributed by atoms with Crippen LogP contribution in [0.3, 0.4) is 0 Å². The molecule has 0 aliphatic heterocycles. The van der Waals surface area contributed by atoms with Crippen LogP contribution in [0.1, 0.15) is 17.4 Å². The van der Waals surface area contributed by atoms with Crippen molar-refractivity contribution in [3.63, 3.8) is 0 Å². The van der Waals surface area contributed by atoms with Crippen LogP contribution >= 0.6 is 11.6 Å². The van der Waals surface area contributed by atoms with Crippen molar-refractivity contribution in [2.24, 2.45) is 0 Å². The summed E-state index contributed by atoms with van der Waals surface area (Å²) >= 11 is 6.09. The van der Waals surface area contributed by atoms with Crippen LogP contribution in [0, 0.1) is 0 Å². The molecule has 6 nitrogen and oxygen atoms in total. The maximum Gasteiger partial charge on any atom is 0.275 e. The lowest BCUT2D eigenvalue weighted by atomic mass is 10.2. The molecule has 0 spiro atoms. The van der Waals surface area contributed by atoms with E-state index in [1.54, 1.807) is 54.0 Å². The molecular weight excluding hydrogens is 328 g/mol. The number of hydrogen-bond donors (Lipinski definition) is 1. The number of halogens is 1. The Morgan fingerprint density at radius 3 is 2.54 bits per heavy atom. The molecule has 0 atom stereocenters. The number of aromatic nitrogens is 2. The number of benzene rings is 1. The number of amides is 2. The summed E-state index contributed by atoms with van der Waals surface area (Å²) in [4.78, 5) is 29.5. The number of nitrogens with one attached hydrogen (secondary N) is 1. The van der Waals surface area contributed by atoms with Crippen molar-refractivity contribution in [2.45, 2.75) is 6.92 Å². The van der Waals surface area contributed by atoms with Gasteiger partial charge in [0.15, 0.2) is 10.8 Å². The summed E-state index contributed by atoms with van der Waals surface area (Å²) in [6.07, 6.45) is 1.73. The van der Waals surface area contributed by atoms with Crippen LogP contribution in [0.2, 0.25) is 5.15 Å². The zero-order valence-corrected chi connectivity index (χ0v) is 13.9. The number of rotatable bonds is 3. The predicted octanol–water partition coefficient (Wildman–Crippen LogP) is 3.22. The van der Waals surface area contributed by atoms with E-state index in [0.29, 0.717) is 11.3 Å². The fraction of sp³-hybridized carbons (Fsp3) is 0.118. The van der Waals surface area contributed by atoms with Crippen LogP contribution in [0.4, 0.5) is 11.4 Å². The first kappa shape index (κ1) is 16.0. The van der Waals surface area contributed by atoms with E-state index in [4.69, 9.17) is 11.6 Å². The van der Waals surface area contributed by atoms with E-state index < -0.39 is 0 Å². The second kappa shape index (κ2) is 6.33. The van der Waals surface area contributed by atoms with Crippen molar-refractivity contribution in [1.29, 1.82) is 0 Å². The third kappa shape index (κ3) is 2.96. The Morgan fingerprint density at radius 1 is 1.17 bits per heavy atom. The molecule has 2 amide bonds. The average Bonchev–Trinajstić information content (AvgIpc) is 2.90. The van der Waals surface area contributed by atoms with Crippen LogP contribution in [0.15, 0.2) is 48.7 Å². The van der Waals surface area contributed by atoms with E-state index in [0.717, 1.165) is 5.69 Å². The van der Waals surface area contributed by atoms with E-state index in [9.17, 15) is 9.59 Å². The van der Waals surface area contributed by atoms with Crippen LogP contribution < -0.4 is 10.2 Å². The summed E-state index contributed by atoms with van der Waals surface area (Å²) in [7, 11) is 1.69. The first-order valence-electron chi connectivity index (χ1n) is 7.25. The van der Waals surface area contributed by atoms with E-state index in [1.807, 2.05) is 6.07 Å². The fourth-order valence-corrected chi connectivity index (χ4v) is 2.57. The first-order chi connectivity index (χ1) is 11.5. The minimum absolute atomic E-state index is 0.0655. The lowest BCUT2D eigenvalue weighted by molar-refractivity contribution is -0.116. The molecule has 0 saturated carbocycles. The van der Waals surface area contributed by atoms with Gasteiger partial charge in [-0.15, -0.1) is 0 Å². The fourth-order valence-electron chi connectivity index (χ4n) is 2.31. The molecule has 3 rings (SSSR count). The summed E-state index contributed by atoms with van der Waals surface area (Å²) in [6, 6.07) is 12.4. The van der Waals surface area contributed by atoms with Gasteiger partial charge < -0.3 is 10.2 Å². The number of carbonyl (C=O) groups is 2. The van der Waals surface area contributed by atoms with Gasteiger partial charge in [-0.3, -0.25) is 14.0 Å². The molecule has 0 saturated heterocycles. The van der Waals surface area contributed by atoms with Gasteiger partial charge in [-0.25, -0.2) is 4.98 Å². The molecule has 2 aromatic heterocycles. The minimum atomic E-state index is -0.355. The summed E-state index contributed by atoms with van der Waals surface area (Å²) in [5.41, 5.74) is 2.22. The zero-order chi connectivity index (χ0) is 17.3. The Bertz CT molecular complexity index is 918. The summed E-state index contributed by atoms with van der Waals surface area (Å²) in [5, 5.41) is 2.93. The average molecular weight is 343 g/mol. The molecule has 1 N–H and O–H groups in total. The molecule has 7 heteroatoms. The molecule has 0 aliphatic carbocycles. The first-order valence-corrected chi connectivity index (χ1v) is 7.63. The highest BCUT2D eigenvalue weighted by molar-refractivity contribution is 6.33. The Labute approximate surface area is 143 Å². The third-order valence-electron chi connectivity index (χ3n) is 3.69. The Balaban J connectivity index is 1.84. The van der Waals surface area contributed by atoms with Gasteiger partial charge in [-0.1, -0.05) is 17.7 Å². The highest BCUT2D eigenvalue weighted by Gasteiger charge is 2.18. The topological polar surface area (TPSA) is 66.7 Å². The van der Waals surface area contributed by atoms with E-state index >= 15 is 0 Å². The number of anilines is 2. The standard InChI is InChI=1S/C17H15ClN4O2/c1-11(23)21(2)13-8-6-12(7-9-13)19-17(24)15-16(18)20-14-5-3-4-10-22(14)15/h3-10H,1-2H3,(H,19,24). The third-order valence-corrected chi connectivity index (χ3v) is 3.95. The van der Waals surface area contributed by atoms with Crippen molar-refractivity contribution >= 4 is 40.4 Å². The number of pyridine rings is 1. The van der Waals surface area contributed by atoms with Crippen LogP contribution in [-0.4, -0.2) is 28.2 Å². The SMILES string of the molecule is CC(=O)N(C)c1ccc(NC(=O)c2c(Cl)nc3ccccn23)cc1. The van der Waals surface area contributed by atoms with Gasteiger partial charge in [0.2, 0.25) is 5.91 Å². The van der Waals surface area contributed by atoms with Crippen molar-refractivity contribution < 1.29 is 9.59 Å². The van der Waals surface area contributed by atoms with Crippen molar-refractivity contribution in [1.82, 2.24) is 9.38 Å². The van der Waals surface area contributed by atoms with Gasteiger partial charge in [0.25, 0.3) is 5.91 Å². The molecule has 0 radical (unpaired) electrons. The van der Waals surface area contributed by atoms with E-state index in [-0.39, 0.29) is 22.7 Å².